The van der Waals surface area contributed by atoms with Crippen molar-refractivity contribution in [1.29, 1.82) is 0 Å². The van der Waals surface area contributed by atoms with Gasteiger partial charge in [0.05, 0.1) is 23.4 Å². The van der Waals surface area contributed by atoms with Gasteiger partial charge in [0.2, 0.25) is 0 Å². The third-order valence-electron chi connectivity index (χ3n) is 4.26. The highest BCUT2D eigenvalue weighted by atomic mass is 35.5. The summed E-state index contributed by atoms with van der Waals surface area (Å²) in [5.74, 6) is -2.44. The number of esters is 1. The molecule has 1 aliphatic rings. The molecule has 1 heterocycles. The van der Waals surface area contributed by atoms with Crippen LogP contribution in [-0.4, -0.2) is 43.3 Å². The van der Waals surface area contributed by atoms with E-state index >= 15 is 0 Å². The second-order valence-corrected chi connectivity index (χ2v) is 6.62. The number of carbonyl (C=O) groups excluding carboxylic acids is 4. The van der Waals surface area contributed by atoms with Gasteiger partial charge in [0.15, 0.2) is 6.10 Å². The van der Waals surface area contributed by atoms with E-state index in [0.29, 0.717) is 22.1 Å². The number of hydrogen-bond donors (Lipinski definition) is 1. The van der Waals surface area contributed by atoms with E-state index < -0.39 is 36.2 Å². The molecular weight excluding hydrogens is 400 g/mol. The Labute approximate surface area is 171 Å². The van der Waals surface area contributed by atoms with E-state index in [1.807, 2.05) is 0 Å². The van der Waals surface area contributed by atoms with Crippen molar-refractivity contribution in [2.75, 3.05) is 23.9 Å². The maximum Gasteiger partial charge on any atom is 0.326 e. The number of para-hydroxylation sites is 1. The van der Waals surface area contributed by atoms with Crippen molar-refractivity contribution in [2.24, 2.45) is 0 Å². The number of anilines is 2. The van der Waals surface area contributed by atoms with Crippen LogP contribution in [0.5, 0.6) is 5.75 Å². The molecule has 29 heavy (non-hydrogen) atoms. The van der Waals surface area contributed by atoms with Gasteiger partial charge in [0.25, 0.3) is 17.6 Å². The third kappa shape index (κ3) is 4.22. The van der Waals surface area contributed by atoms with Crippen LogP contribution in [0.25, 0.3) is 0 Å². The highest BCUT2D eigenvalue weighted by molar-refractivity contribution is 6.52. The minimum Gasteiger partial charge on any atom is -0.495 e. The first kappa shape index (κ1) is 20.3. The minimum absolute atomic E-state index is 0.229. The van der Waals surface area contributed by atoms with Crippen LogP contribution >= 0.6 is 11.6 Å². The molecule has 0 aromatic heterocycles. The van der Waals surface area contributed by atoms with Crippen molar-refractivity contribution in [2.45, 2.75) is 13.0 Å². The van der Waals surface area contributed by atoms with Gasteiger partial charge in [-0.1, -0.05) is 23.7 Å². The van der Waals surface area contributed by atoms with E-state index in [1.165, 1.54) is 26.2 Å². The number of Topliss-reactive ketones (excluding diaryl/α,β-unsaturated/α-hetero) is 1. The van der Waals surface area contributed by atoms with E-state index in [0.717, 1.165) is 4.90 Å². The molecule has 2 aromatic rings. The predicted molar refractivity (Wildman–Crippen MR) is 105 cm³/mol. The van der Waals surface area contributed by atoms with Crippen LogP contribution in [0.1, 0.15) is 17.3 Å². The Kier molecular flexibility index (Phi) is 5.84. The molecular formula is C20H17ClN2O6. The largest absolute Gasteiger partial charge is 0.495 e. The van der Waals surface area contributed by atoms with Crippen LogP contribution in [-0.2, 0) is 19.1 Å². The molecule has 0 radical (unpaired) electrons. The number of halogens is 1. The van der Waals surface area contributed by atoms with E-state index in [4.69, 9.17) is 21.1 Å². The Hall–Kier alpha value is -3.39. The number of hydrogen-bond acceptors (Lipinski definition) is 6. The van der Waals surface area contributed by atoms with Gasteiger partial charge in [-0.3, -0.25) is 24.1 Å². The first-order valence-electron chi connectivity index (χ1n) is 8.61. The number of ether oxygens (including phenoxy) is 2. The summed E-state index contributed by atoms with van der Waals surface area (Å²) in [6.07, 6.45) is -1.13. The lowest BCUT2D eigenvalue weighted by molar-refractivity contribution is -0.152. The van der Waals surface area contributed by atoms with Crippen LogP contribution in [0.3, 0.4) is 0 Å². The molecule has 8 nitrogen and oxygen atoms in total. The summed E-state index contributed by atoms with van der Waals surface area (Å²) in [5, 5.41) is 2.88. The van der Waals surface area contributed by atoms with Crippen molar-refractivity contribution in [3.05, 3.63) is 53.1 Å². The number of ketones is 1. The second-order valence-electron chi connectivity index (χ2n) is 6.21. The number of carbonyl (C=O) groups is 4. The fourth-order valence-corrected chi connectivity index (χ4v) is 3.07. The standard InChI is InChI=1S/C20H17ClN2O6/c1-11(19(26)22-12-7-8-16(28-2)14(21)9-12)29-17(24)10-23-15-6-4-3-5-13(15)18(25)20(23)27/h3-9,11H,10H2,1-2H3,(H,22,26)/t11-/m1/s1. The molecule has 0 unspecified atom stereocenters. The predicted octanol–water partition coefficient (Wildman–Crippen LogP) is 2.45. The summed E-state index contributed by atoms with van der Waals surface area (Å²) in [6.45, 7) is 0.914. The van der Waals surface area contributed by atoms with Gasteiger partial charge < -0.3 is 14.8 Å². The quantitative estimate of drug-likeness (QED) is 0.573. The zero-order chi connectivity index (χ0) is 21.1. The van der Waals surface area contributed by atoms with Crippen molar-refractivity contribution < 1.29 is 28.7 Å². The smallest absolute Gasteiger partial charge is 0.326 e. The molecule has 0 saturated carbocycles. The van der Waals surface area contributed by atoms with Crippen molar-refractivity contribution in [3.63, 3.8) is 0 Å². The normalized spacial score (nSPS) is 13.7. The van der Waals surface area contributed by atoms with Crippen LogP contribution in [0.4, 0.5) is 11.4 Å². The average Bonchev–Trinajstić information content (AvgIpc) is 2.93. The molecule has 2 aromatic carbocycles. The fourth-order valence-electron chi connectivity index (χ4n) is 2.81. The summed E-state index contributed by atoms with van der Waals surface area (Å²) in [5.41, 5.74) is 0.967. The summed E-state index contributed by atoms with van der Waals surface area (Å²) >= 11 is 6.01. The van der Waals surface area contributed by atoms with Gasteiger partial charge in [-0.05, 0) is 37.3 Å². The van der Waals surface area contributed by atoms with Gasteiger partial charge in [-0.25, -0.2) is 0 Å². The topological polar surface area (TPSA) is 102 Å². The van der Waals surface area contributed by atoms with Crippen molar-refractivity contribution in [1.82, 2.24) is 0 Å². The highest BCUT2D eigenvalue weighted by Gasteiger charge is 2.37. The summed E-state index contributed by atoms with van der Waals surface area (Å²) < 4.78 is 10.1. The molecule has 0 fully saturated rings. The number of nitrogens with one attached hydrogen (secondary N) is 1. The van der Waals surface area contributed by atoms with Crippen LogP contribution < -0.4 is 15.0 Å². The summed E-state index contributed by atoms with van der Waals surface area (Å²) in [6, 6.07) is 11.0. The van der Waals surface area contributed by atoms with Gasteiger partial charge in [-0.2, -0.15) is 0 Å². The first-order chi connectivity index (χ1) is 13.8. The number of fused-ring (bicyclic) bond motifs is 1. The highest BCUT2D eigenvalue weighted by Crippen LogP contribution is 2.29. The maximum absolute atomic E-state index is 12.3. The van der Waals surface area contributed by atoms with Crippen LogP contribution in [0, 0.1) is 0 Å². The molecule has 1 N–H and O–H groups in total. The Balaban J connectivity index is 1.60. The number of nitrogens with zero attached hydrogens (tertiary/aromatic N) is 1. The van der Waals surface area contributed by atoms with Crippen LogP contribution in [0.15, 0.2) is 42.5 Å². The number of rotatable bonds is 6. The summed E-state index contributed by atoms with van der Waals surface area (Å²) in [7, 11) is 1.47. The third-order valence-corrected chi connectivity index (χ3v) is 4.56. The number of benzene rings is 2. The number of methoxy groups -OCH3 is 1. The molecule has 0 spiro atoms. The molecule has 3 rings (SSSR count). The molecule has 9 heteroatoms. The van der Waals surface area contributed by atoms with Gasteiger partial charge in [-0.15, -0.1) is 0 Å². The lowest BCUT2D eigenvalue weighted by atomic mass is 10.1. The average molecular weight is 417 g/mol. The Morgan fingerprint density at radius 1 is 1.17 bits per heavy atom. The molecule has 2 amide bonds. The molecule has 0 bridgehead atoms. The maximum atomic E-state index is 12.3. The SMILES string of the molecule is COc1ccc(NC(=O)[C@@H](C)OC(=O)CN2C(=O)C(=O)c3ccccc32)cc1Cl. The Bertz CT molecular complexity index is 1010. The van der Waals surface area contributed by atoms with Crippen molar-refractivity contribution >= 4 is 46.5 Å². The second kappa shape index (κ2) is 8.32. The molecule has 0 aliphatic carbocycles. The zero-order valence-corrected chi connectivity index (χ0v) is 16.4. The van der Waals surface area contributed by atoms with Crippen LogP contribution in [0.2, 0.25) is 5.02 Å². The van der Waals surface area contributed by atoms with Gasteiger partial charge >= 0.3 is 5.97 Å². The van der Waals surface area contributed by atoms with Crippen molar-refractivity contribution in [3.8, 4) is 5.75 Å². The fraction of sp³-hybridized carbons (Fsp3) is 0.200. The Morgan fingerprint density at radius 3 is 2.59 bits per heavy atom. The zero-order valence-electron chi connectivity index (χ0n) is 15.6. The lowest BCUT2D eigenvalue weighted by Crippen LogP contribution is -2.38. The van der Waals surface area contributed by atoms with E-state index in [2.05, 4.69) is 5.32 Å². The van der Waals surface area contributed by atoms with E-state index in [9.17, 15) is 19.2 Å². The molecule has 150 valence electrons. The lowest BCUT2D eigenvalue weighted by Gasteiger charge is -2.18. The molecule has 0 saturated heterocycles. The van der Waals surface area contributed by atoms with Gasteiger partial charge in [0.1, 0.15) is 12.3 Å². The monoisotopic (exact) mass is 416 g/mol. The Morgan fingerprint density at radius 2 is 1.90 bits per heavy atom. The number of amides is 2. The summed E-state index contributed by atoms with van der Waals surface area (Å²) in [4.78, 5) is 49.6. The molecule has 1 atom stereocenters. The first-order valence-corrected chi connectivity index (χ1v) is 8.98. The molecule has 1 aliphatic heterocycles. The van der Waals surface area contributed by atoms with E-state index in [1.54, 1.807) is 30.3 Å². The minimum atomic E-state index is -1.13. The van der Waals surface area contributed by atoms with Gasteiger partial charge in [0, 0.05) is 5.69 Å². The van der Waals surface area contributed by atoms with E-state index in [-0.39, 0.29) is 5.56 Å².